The van der Waals surface area contributed by atoms with Gasteiger partial charge in [-0.25, -0.2) is 0 Å². The number of benzene rings is 3. The lowest BCUT2D eigenvalue weighted by Crippen LogP contribution is -2.15. The fourth-order valence-electron chi connectivity index (χ4n) is 4.20. The van der Waals surface area contributed by atoms with Gasteiger partial charge in [0.2, 0.25) is 0 Å². The van der Waals surface area contributed by atoms with E-state index >= 15 is 0 Å². The van der Waals surface area contributed by atoms with Gasteiger partial charge in [-0.2, -0.15) is 0 Å². The summed E-state index contributed by atoms with van der Waals surface area (Å²) in [7, 11) is 0. The molecule has 0 atom stereocenters. The molecule has 3 aromatic carbocycles. The van der Waals surface area contributed by atoms with Crippen LogP contribution in [0.25, 0.3) is 21.9 Å². The Kier molecular flexibility index (Phi) is 2.97. The van der Waals surface area contributed by atoms with Gasteiger partial charge in [0.15, 0.2) is 0 Å². The second-order valence-corrected chi connectivity index (χ2v) is 7.76. The van der Waals surface area contributed by atoms with Crippen LogP contribution < -0.4 is 0 Å². The minimum atomic E-state index is 0.0738. The van der Waals surface area contributed by atoms with Gasteiger partial charge in [0, 0.05) is 5.41 Å². The summed E-state index contributed by atoms with van der Waals surface area (Å²) in [5.41, 5.74) is 8.71. The average molecular weight is 300 g/mol. The fraction of sp³-hybridized carbons (Fsp3) is 0.304. The van der Waals surface area contributed by atoms with Crippen LogP contribution in [0.1, 0.15) is 55.9 Å². The minimum Gasteiger partial charge on any atom is -0.0616 e. The molecule has 0 spiro atoms. The highest BCUT2D eigenvalue weighted by molar-refractivity contribution is 6.04. The van der Waals surface area contributed by atoms with Crippen molar-refractivity contribution >= 4 is 10.8 Å². The van der Waals surface area contributed by atoms with Crippen LogP contribution in [0.5, 0.6) is 0 Å². The molecule has 0 saturated carbocycles. The van der Waals surface area contributed by atoms with Crippen LogP contribution in [-0.2, 0) is 5.41 Å². The van der Waals surface area contributed by atoms with Crippen molar-refractivity contribution < 1.29 is 0 Å². The van der Waals surface area contributed by atoms with Crippen LogP contribution >= 0.6 is 0 Å². The smallest absolute Gasteiger partial charge is 0.0159 e. The number of hydrogen-bond acceptors (Lipinski definition) is 0. The molecular weight excluding hydrogens is 276 g/mol. The molecule has 0 nitrogen and oxygen atoms in total. The quantitative estimate of drug-likeness (QED) is 0.476. The van der Waals surface area contributed by atoms with E-state index in [2.05, 4.69) is 83.1 Å². The van der Waals surface area contributed by atoms with E-state index in [-0.39, 0.29) is 5.41 Å². The first-order chi connectivity index (χ1) is 10.9. The van der Waals surface area contributed by atoms with Crippen molar-refractivity contribution in [3.05, 3.63) is 70.8 Å². The SMILES string of the molecule is Cc1ccc2c(c1)C(C)(C)c1cc(C(C)C)c3ccccc3c1-2. The van der Waals surface area contributed by atoms with Crippen LogP contribution in [-0.4, -0.2) is 0 Å². The van der Waals surface area contributed by atoms with Gasteiger partial charge in [0.25, 0.3) is 0 Å². The molecule has 0 heterocycles. The zero-order valence-electron chi connectivity index (χ0n) is 14.7. The molecule has 0 heteroatoms. The van der Waals surface area contributed by atoms with E-state index in [4.69, 9.17) is 0 Å². The van der Waals surface area contributed by atoms with Crippen LogP contribution in [0.2, 0.25) is 0 Å². The largest absolute Gasteiger partial charge is 0.0616 e. The Hall–Kier alpha value is -2.08. The third-order valence-electron chi connectivity index (χ3n) is 5.49. The van der Waals surface area contributed by atoms with Crippen LogP contribution in [0, 0.1) is 6.92 Å². The Balaban J connectivity index is 2.19. The maximum Gasteiger partial charge on any atom is 0.0159 e. The van der Waals surface area contributed by atoms with E-state index in [1.807, 2.05) is 0 Å². The Morgan fingerprint density at radius 2 is 1.52 bits per heavy atom. The molecule has 0 N–H and O–H groups in total. The zero-order chi connectivity index (χ0) is 16.4. The second kappa shape index (κ2) is 4.71. The van der Waals surface area contributed by atoms with E-state index in [9.17, 15) is 0 Å². The van der Waals surface area contributed by atoms with Gasteiger partial charge in [-0.05, 0) is 51.4 Å². The average Bonchev–Trinajstić information content (AvgIpc) is 2.74. The third kappa shape index (κ3) is 1.91. The van der Waals surface area contributed by atoms with Crippen molar-refractivity contribution in [3.8, 4) is 11.1 Å². The van der Waals surface area contributed by atoms with Crippen molar-refractivity contribution in [3.63, 3.8) is 0 Å². The predicted molar refractivity (Wildman–Crippen MR) is 100 cm³/mol. The summed E-state index contributed by atoms with van der Waals surface area (Å²) < 4.78 is 0. The lowest BCUT2D eigenvalue weighted by atomic mass is 9.80. The molecule has 0 unspecified atom stereocenters. The summed E-state index contributed by atoms with van der Waals surface area (Å²) >= 11 is 0. The van der Waals surface area contributed by atoms with Crippen molar-refractivity contribution in [2.24, 2.45) is 0 Å². The zero-order valence-corrected chi connectivity index (χ0v) is 14.7. The lowest BCUT2D eigenvalue weighted by Gasteiger charge is -2.24. The molecule has 1 aliphatic carbocycles. The Bertz CT molecular complexity index is 926. The van der Waals surface area contributed by atoms with E-state index in [1.165, 1.54) is 44.2 Å². The first-order valence-corrected chi connectivity index (χ1v) is 8.59. The Morgan fingerprint density at radius 1 is 0.826 bits per heavy atom. The van der Waals surface area contributed by atoms with Crippen molar-refractivity contribution in [2.75, 3.05) is 0 Å². The second-order valence-electron chi connectivity index (χ2n) is 7.76. The van der Waals surface area contributed by atoms with Gasteiger partial charge in [0.1, 0.15) is 0 Å². The first-order valence-electron chi connectivity index (χ1n) is 8.59. The van der Waals surface area contributed by atoms with Gasteiger partial charge in [-0.3, -0.25) is 0 Å². The lowest BCUT2D eigenvalue weighted by molar-refractivity contribution is 0.658. The highest BCUT2D eigenvalue weighted by atomic mass is 14.4. The monoisotopic (exact) mass is 300 g/mol. The molecular formula is C23H24. The third-order valence-corrected chi connectivity index (χ3v) is 5.49. The maximum absolute atomic E-state index is 2.47. The normalized spacial score (nSPS) is 15.0. The molecule has 0 radical (unpaired) electrons. The van der Waals surface area contributed by atoms with Gasteiger partial charge >= 0.3 is 0 Å². The van der Waals surface area contributed by atoms with E-state index in [0.717, 1.165) is 0 Å². The highest BCUT2D eigenvalue weighted by Crippen LogP contribution is 2.52. The number of rotatable bonds is 1. The number of aryl methyl sites for hydroxylation is 1. The van der Waals surface area contributed by atoms with Gasteiger partial charge in [-0.1, -0.05) is 81.8 Å². The summed E-state index contributed by atoms with van der Waals surface area (Å²) in [6.07, 6.45) is 0. The fourth-order valence-corrected chi connectivity index (χ4v) is 4.20. The molecule has 0 aliphatic heterocycles. The minimum absolute atomic E-state index is 0.0738. The summed E-state index contributed by atoms with van der Waals surface area (Å²) in [5, 5.41) is 2.81. The molecule has 116 valence electrons. The summed E-state index contributed by atoms with van der Waals surface area (Å²) in [6.45, 7) is 11.5. The molecule has 1 aliphatic rings. The predicted octanol–water partition coefficient (Wildman–Crippen LogP) is 6.58. The van der Waals surface area contributed by atoms with Crippen molar-refractivity contribution in [2.45, 2.75) is 46.0 Å². The number of hydrogen-bond donors (Lipinski definition) is 0. The van der Waals surface area contributed by atoms with Gasteiger partial charge in [-0.15, -0.1) is 0 Å². The molecule has 4 rings (SSSR count). The molecule has 0 saturated heterocycles. The number of fused-ring (bicyclic) bond motifs is 5. The van der Waals surface area contributed by atoms with Crippen molar-refractivity contribution in [1.82, 2.24) is 0 Å². The standard InChI is InChI=1S/C23H24/c1-14(2)19-13-21-22(17-9-7-6-8-16(17)19)18-11-10-15(3)12-20(18)23(21,4)5/h6-14H,1-5H3. The van der Waals surface area contributed by atoms with E-state index < -0.39 is 0 Å². The highest BCUT2D eigenvalue weighted by Gasteiger charge is 2.37. The molecule has 0 fully saturated rings. The van der Waals surface area contributed by atoms with Gasteiger partial charge < -0.3 is 0 Å². The summed E-state index contributed by atoms with van der Waals surface area (Å²) in [6, 6.07) is 18.3. The Labute approximate surface area is 139 Å². The maximum atomic E-state index is 2.47. The first kappa shape index (κ1) is 14.5. The molecule has 23 heavy (non-hydrogen) atoms. The van der Waals surface area contributed by atoms with E-state index in [0.29, 0.717) is 5.92 Å². The molecule has 3 aromatic rings. The summed E-state index contributed by atoms with van der Waals surface area (Å²) in [4.78, 5) is 0. The van der Waals surface area contributed by atoms with Gasteiger partial charge in [0.05, 0.1) is 0 Å². The molecule has 0 aromatic heterocycles. The molecule has 0 bridgehead atoms. The molecule has 0 amide bonds. The van der Waals surface area contributed by atoms with Crippen molar-refractivity contribution in [1.29, 1.82) is 0 Å². The van der Waals surface area contributed by atoms with Crippen LogP contribution in [0.3, 0.4) is 0 Å². The Morgan fingerprint density at radius 3 is 2.22 bits per heavy atom. The van der Waals surface area contributed by atoms with Crippen LogP contribution in [0.15, 0.2) is 48.5 Å². The summed E-state index contributed by atoms with van der Waals surface area (Å²) in [5.74, 6) is 0.534. The van der Waals surface area contributed by atoms with E-state index in [1.54, 1.807) is 0 Å². The van der Waals surface area contributed by atoms with Crippen LogP contribution in [0.4, 0.5) is 0 Å². The topological polar surface area (TPSA) is 0 Å².